The lowest BCUT2D eigenvalue weighted by Crippen LogP contribution is -1.87. The van der Waals surface area contributed by atoms with Crippen molar-refractivity contribution >= 4 is 31.5 Å². The molecular weight excluding hydrogens is 615 g/mol. The first-order valence-electron chi connectivity index (χ1n) is 16.3. The van der Waals surface area contributed by atoms with E-state index in [1.54, 1.807) is 0 Å². The summed E-state index contributed by atoms with van der Waals surface area (Å²) >= 11 is 1.87. The molecule has 0 N–H and O–H groups in total. The largest absolute Gasteiger partial charge is 0.264 e. The predicted molar refractivity (Wildman–Crippen MR) is 205 cm³/mol. The first kappa shape index (κ1) is 29.0. The highest BCUT2D eigenvalue weighted by Crippen LogP contribution is 2.45. The van der Waals surface area contributed by atoms with Gasteiger partial charge < -0.3 is 0 Å². The molecule has 0 saturated heterocycles. The van der Waals surface area contributed by atoms with Crippen LogP contribution in [0.5, 0.6) is 0 Å². The van der Waals surface area contributed by atoms with E-state index in [2.05, 4.69) is 125 Å². The van der Waals surface area contributed by atoms with E-state index in [1.165, 1.54) is 42.4 Å². The van der Waals surface area contributed by atoms with Crippen LogP contribution in [0.15, 0.2) is 177 Å². The van der Waals surface area contributed by atoms with Gasteiger partial charge in [0.05, 0.1) is 5.69 Å². The van der Waals surface area contributed by atoms with Gasteiger partial charge in [-0.3, -0.25) is 15.0 Å². The fourth-order valence-corrected chi connectivity index (χ4v) is 8.02. The van der Waals surface area contributed by atoms with Crippen molar-refractivity contribution in [3.05, 3.63) is 177 Å². The zero-order chi connectivity index (χ0) is 32.6. The first-order chi connectivity index (χ1) is 24.3. The highest BCUT2D eigenvalue weighted by atomic mass is 32.1. The summed E-state index contributed by atoms with van der Waals surface area (Å²) in [5.74, 6) is 0. The summed E-state index contributed by atoms with van der Waals surface area (Å²) < 4.78 is 2.58. The average molecular weight is 644 g/mol. The molecule has 0 aliphatic carbocycles. The Labute approximate surface area is 288 Å². The van der Waals surface area contributed by atoms with Crippen LogP contribution in [-0.2, 0) is 0 Å². The highest BCUT2D eigenvalue weighted by Gasteiger charge is 2.16. The number of pyridine rings is 3. The number of thiophene rings is 1. The maximum absolute atomic E-state index is 4.74. The molecule has 3 nitrogen and oxygen atoms in total. The lowest BCUT2D eigenvalue weighted by Gasteiger charge is -2.11. The lowest BCUT2D eigenvalue weighted by atomic mass is 9.93. The second kappa shape index (κ2) is 12.4. The third kappa shape index (κ3) is 5.48. The number of hydrogen-bond acceptors (Lipinski definition) is 4. The average Bonchev–Trinajstić information content (AvgIpc) is 3.58. The molecule has 4 heterocycles. The molecule has 0 unspecified atom stereocenters. The van der Waals surface area contributed by atoms with Gasteiger partial charge in [-0.05, 0) is 75.3 Å². The van der Waals surface area contributed by atoms with E-state index in [4.69, 9.17) is 4.98 Å². The third-order valence-electron chi connectivity index (χ3n) is 9.12. The lowest BCUT2D eigenvalue weighted by molar-refractivity contribution is 1.32. The third-order valence-corrected chi connectivity index (χ3v) is 10.4. The van der Waals surface area contributed by atoms with Gasteiger partial charge in [-0.2, -0.15) is 0 Å². The Morgan fingerprint density at radius 1 is 0.347 bits per heavy atom. The minimum absolute atomic E-state index is 0.980. The van der Waals surface area contributed by atoms with Crippen LogP contribution < -0.4 is 0 Å². The summed E-state index contributed by atoms with van der Waals surface area (Å²) in [7, 11) is 0. The summed E-state index contributed by atoms with van der Waals surface area (Å²) in [6.07, 6.45) is 9.46. The van der Waals surface area contributed by atoms with Crippen molar-refractivity contribution in [1.82, 2.24) is 15.0 Å². The van der Waals surface area contributed by atoms with Gasteiger partial charge in [-0.1, -0.05) is 109 Å². The van der Waals surface area contributed by atoms with Crippen LogP contribution in [0.4, 0.5) is 0 Å². The topological polar surface area (TPSA) is 38.7 Å². The molecule has 0 radical (unpaired) electrons. The normalized spacial score (nSPS) is 11.3. The van der Waals surface area contributed by atoms with Gasteiger partial charge in [-0.15, -0.1) is 11.3 Å². The number of rotatable bonds is 6. The van der Waals surface area contributed by atoms with E-state index >= 15 is 0 Å². The molecule has 0 amide bonds. The van der Waals surface area contributed by atoms with Gasteiger partial charge >= 0.3 is 0 Å². The molecule has 0 aliphatic rings. The SMILES string of the molecule is c1ccc(-c2ccc(-c3ccc(-c4cccc5c4sc4c(-c6cc(-c7cccnc7)cc(-c7cccnc7)c6)cccc45)cc3)cn2)cc1. The fourth-order valence-electron chi connectivity index (χ4n) is 6.64. The Hall–Kier alpha value is -6.23. The van der Waals surface area contributed by atoms with E-state index in [0.29, 0.717) is 0 Å². The maximum atomic E-state index is 4.74. The highest BCUT2D eigenvalue weighted by molar-refractivity contribution is 7.26. The summed E-state index contributed by atoms with van der Waals surface area (Å²) in [4.78, 5) is 13.6. The molecule has 9 rings (SSSR count). The molecule has 0 aliphatic heterocycles. The van der Waals surface area contributed by atoms with Gasteiger partial charge in [0.15, 0.2) is 0 Å². The summed E-state index contributed by atoms with van der Waals surface area (Å²) in [5, 5.41) is 2.55. The zero-order valence-corrected chi connectivity index (χ0v) is 27.3. The van der Waals surface area contributed by atoms with Crippen LogP contribution in [-0.4, -0.2) is 15.0 Å². The second-order valence-electron chi connectivity index (χ2n) is 12.1. The molecule has 230 valence electrons. The van der Waals surface area contributed by atoms with E-state index in [1.807, 2.05) is 72.7 Å². The molecule has 9 aromatic rings. The maximum Gasteiger partial charge on any atom is 0.0702 e. The number of benzene rings is 5. The van der Waals surface area contributed by atoms with Crippen molar-refractivity contribution in [3.63, 3.8) is 0 Å². The molecule has 5 aromatic carbocycles. The van der Waals surface area contributed by atoms with Crippen molar-refractivity contribution in [2.75, 3.05) is 0 Å². The van der Waals surface area contributed by atoms with Gasteiger partial charge in [0.1, 0.15) is 0 Å². The minimum Gasteiger partial charge on any atom is -0.264 e. The van der Waals surface area contributed by atoms with Crippen molar-refractivity contribution in [2.24, 2.45) is 0 Å². The van der Waals surface area contributed by atoms with E-state index in [-0.39, 0.29) is 0 Å². The number of hydrogen-bond donors (Lipinski definition) is 0. The molecule has 0 atom stereocenters. The molecule has 0 saturated carbocycles. The molecular formula is C45H29N3S. The quantitative estimate of drug-likeness (QED) is 0.181. The molecule has 49 heavy (non-hydrogen) atoms. The summed E-state index contributed by atoms with van der Waals surface area (Å²) in [5.41, 5.74) is 13.7. The molecule has 0 spiro atoms. The summed E-state index contributed by atoms with van der Waals surface area (Å²) in [6, 6.07) is 51.8. The Morgan fingerprint density at radius 2 is 0.878 bits per heavy atom. The Bertz CT molecular complexity index is 2500. The summed E-state index contributed by atoms with van der Waals surface area (Å²) in [6.45, 7) is 0. The van der Waals surface area contributed by atoms with Crippen LogP contribution in [0.25, 0.3) is 87.1 Å². The Balaban J connectivity index is 1.12. The van der Waals surface area contributed by atoms with Gasteiger partial charge in [-0.25, -0.2) is 0 Å². The molecule has 0 fully saturated rings. The Kier molecular flexibility index (Phi) is 7.34. The van der Waals surface area contributed by atoms with Crippen LogP contribution in [0.2, 0.25) is 0 Å². The van der Waals surface area contributed by atoms with Crippen LogP contribution in [0.1, 0.15) is 0 Å². The van der Waals surface area contributed by atoms with Crippen molar-refractivity contribution in [2.45, 2.75) is 0 Å². The van der Waals surface area contributed by atoms with Crippen molar-refractivity contribution < 1.29 is 0 Å². The van der Waals surface area contributed by atoms with E-state index in [0.717, 1.165) is 44.6 Å². The molecule has 0 bridgehead atoms. The smallest absolute Gasteiger partial charge is 0.0702 e. The Morgan fingerprint density at radius 3 is 1.45 bits per heavy atom. The van der Waals surface area contributed by atoms with Crippen molar-refractivity contribution in [3.8, 4) is 66.9 Å². The van der Waals surface area contributed by atoms with Gasteiger partial charge in [0.25, 0.3) is 0 Å². The predicted octanol–water partition coefficient (Wildman–Crippen LogP) is 12.2. The zero-order valence-electron chi connectivity index (χ0n) is 26.5. The fraction of sp³-hybridized carbons (Fsp3) is 0. The second-order valence-corrected chi connectivity index (χ2v) is 13.1. The van der Waals surface area contributed by atoms with Crippen LogP contribution in [0.3, 0.4) is 0 Å². The number of nitrogens with zero attached hydrogens (tertiary/aromatic N) is 3. The first-order valence-corrected chi connectivity index (χ1v) is 17.1. The van der Waals surface area contributed by atoms with Gasteiger partial charge in [0.2, 0.25) is 0 Å². The number of aromatic nitrogens is 3. The number of fused-ring (bicyclic) bond motifs is 3. The van der Waals surface area contributed by atoms with Crippen LogP contribution >= 0.6 is 11.3 Å². The standard InChI is InChI=1S/C45H29N3S/c1-2-8-32(9-3-1)43-21-20-35(29-48-43)30-16-18-31(19-17-30)39-12-4-14-41-42-15-5-13-40(45(42)49-44(39)41)38-25-36(33-10-6-22-46-27-33)24-37(26-38)34-11-7-23-47-28-34/h1-29H. The van der Waals surface area contributed by atoms with E-state index < -0.39 is 0 Å². The van der Waals surface area contributed by atoms with Crippen molar-refractivity contribution in [1.29, 1.82) is 0 Å². The molecule has 4 aromatic heterocycles. The van der Waals surface area contributed by atoms with Gasteiger partial charge in [0, 0.05) is 73.4 Å². The monoisotopic (exact) mass is 643 g/mol. The minimum atomic E-state index is 0.980. The van der Waals surface area contributed by atoms with Crippen LogP contribution in [0, 0.1) is 0 Å². The van der Waals surface area contributed by atoms with E-state index in [9.17, 15) is 0 Å². The molecule has 4 heteroatoms.